The quantitative estimate of drug-likeness (QED) is 0.682. The van der Waals surface area contributed by atoms with Crippen LogP contribution in [-0.2, 0) is 9.59 Å². The fourth-order valence-corrected chi connectivity index (χ4v) is 3.70. The van der Waals surface area contributed by atoms with Crippen LogP contribution >= 0.6 is 23.2 Å². The third-order valence-corrected chi connectivity index (χ3v) is 5.42. The Balaban J connectivity index is 1.52. The third-order valence-electron chi connectivity index (χ3n) is 4.88. The summed E-state index contributed by atoms with van der Waals surface area (Å²) in [6.07, 6.45) is 0.374. The molecule has 3 rings (SSSR count). The average molecular weight is 437 g/mol. The largest absolute Gasteiger partial charge is 0.506 e. The second kappa shape index (κ2) is 9.37. The van der Waals surface area contributed by atoms with E-state index in [0.29, 0.717) is 47.4 Å². The number of likely N-dealkylation sites (tertiary alicyclic amines) is 1. The summed E-state index contributed by atoms with van der Waals surface area (Å²) in [5.74, 6) is -0.110. The molecule has 29 heavy (non-hydrogen) atoms. The Labute approximate surface area is 179 Å². The van der Waals surface area contributed by atoms with E-state index in [1.54, 1.807) is 48.2 Å². The Kier molecular flexibility index (Phi) is 6.87. The van der Waals surface area contributed by atoms with Crippen LogP contribution in [0.4, 0.5) is 5.69 Å². The zero-order valence-corrected chi connectivity index (χ0v) is 17.4. The minimum atomic E-state index is -0.708. The number of rotatable bonds is 5. The van der Waals surface area contributed by atoms with Crippen molar-refractivity contribution in [2.24, 2.45) is 5.92 Å². The molecular formula is C21H22Cl2N2O4. The molecule has 1 aliphatic heterocycles. The van der Waals surface area contributed by atoms with Gasteiger partial charge in [0, 0.05) is 24.0 Å². The summed E-state index contributed by atoms with van der Waals surface area (Å²) >= 11 is 12.0. The summed E-state index contributed by atoms with van der Waals surface area (Å²) in [7, 11) is 0. The fraction of sp³-hybridized carbons (Fsp3) is 0.333. The number of hydrogen-bond acceptors (Lipinski definition) is 4. The number of amides is 2. The first-order chi connectivity index (χ1) is 13.8. The van der Waals surface area contributed by atoms with Gasteiger partial charge in [0.2, 0.25) is 5.91 Å². The highest BCUT2D eigenvalue weighted by Crippen LogP contribution is 2.29. The number of ether oxygens (including phenoxy) is 1. The van der Waals surface area contributed by atoms with E-state index in [1.807, 2.05) is 0 Å². The van der Waals surface area contributed by atoms with Crippen LogP contribution in [0.5, 0.6) is 11.5 Å². The normalized spacial score (nSPS) is 15.6. The molecule has 6 nitrogen and oxygen atoms in total. The number of carbonyl (C=O) groups is 2. The van der Waals surface area contributed by atoms with Crippen molar-refractivity contribution in [3.8, 4) is 11.5 Å². The van der Waals surface area contributed by atoms with Gasteiger partial charge in [0.05, 0.1) is 10.7 Å². The van der Waals surface area contributed by atoms with E-state index >= 15 is 0 Å². The molecule has 1 aliphatic rings. The van der Waals surface area contributed by atoms with Gasteiger partial charge in [0.25, 0.3) is 5.91 Å². The molecule has 0 aromatic heterocycles. The van der Waals surface area contributed by atoms with Crippen molar-refractivity contribution >= 4 is 40.7 Å². The summed E-state index contributed by atoms with van der Waals surface area (Å²) in [4.78, 5) is 26.8. The van der Waals surface area contributed by atoms with Crippen LogP contribution in [0.15, 0.2) is 42.5 Å². The number of phenols is 1. The van der Waals surface area contributed by atoms with Gasteiger partial charge in [-0.3, -0.25) is 9.59 Å². The molecule has 2 aromatic rings. The van der Waals surface area contributed by atoms with Gasteiger partial charge in [-0.2, -0.15) is 0 Å². The van der Waals surface area contributed by atoms with Crippen LogP contribution in [0.25, 0.3) is 0 Å². The number of benzene rings is 2. The fourth-order valence-electron chi connectivity index (χ4n) is 3.24. The van der Waals surface area contributed by atoms with E-state index in [4.69, 9.17) is 27.9 Å². The Morgan fingerprint density at radius 2 is 1.86 bits per heavy atom. The lowest BCUT2D eigenvalue weighted by atomic mass is 9.95. The molecule has 0 saturated carbocycles. The lowest BCUT2D eigenvalue weighted by Crippen LogP contribution is -2.46. The number of para-hydroxylation sites is 2. The van der Waals surface area contributed by atoms with Gasteiger partial charge in [0.1, 0.15) is 11.5 Å². The Bertz CT molecular complexity index is 898. The Hall–Kier alpha value is -2.44. The predicted molar refractivity (Wildman–Crippen MR) is 113 cm³/mol. The first-order valence-corrected chi connectivity index (χ1v) is 10.1. The van der Waals surface area contributed by atoms with Gasteiger partial charge < -0.3 is 20.1 Å². The first-order valence-electron chi connectivity index (χ1n) is 9.34. The lowest BCUT2D eigenvalue weighted by molar-refractivity contribution is -0.140. The molecule has 8 heteroatoms. The highest BCUT2D eigenvalue weighted by atomic mass is 35.5. The maximum atomic E-state index is 12.7. The number of anilines is 1. The molecular weight excluding hydrogens is 415 g/mol. The van der Waals surface area contributed by atoms with Crippen LogP contribution in [-0.4, -0.2) is 41.0 Å². The summed E-state index contributed by atoms with van der Waals surface area (Å²) in [6, 6.07) is 11.4. The maximum absolute atomic E-state index is 12.7. The van der Waals surface area contributed by atoms with Crippen LogP contribution in [0, 0.1) is 5.92 Å². The molecule has 1 heterocycles. The number of carbonyl (C=O) groups excluding carboxylic acids is 2. The molecule has 0 radical (unpaired) electrons. The number of halogens is 2. The summed E-state index contributed by atoms with van der Waals surface area (Å²) in [6.45, 7) is 2.59. The van der Waals surface area contributed by atoms with Crippen molar-refractivity contribution in [3.63, 3.8) is 0 Å². The molecule has 2 amide bonds. The maximum Gasteiger partial charge on any atom is 0.263 e. The second-order valence-electron chi connectivity index (χ2n) is 6.94. The van der Waals surface area contributed by atoms with E-state index in [-0.39, 0.29) is 23.5 Å². The molecule has 1 saturated heterocycles. The van der Waals surface area contributed by atoms with Gasteiger partial charge in [-0.15, -0.1) is 0 Å². The molecule has 1 fully saturated rings. The summed E-state index contributed by atoms with van der Waals surface area (Å²) < 4.78 is 5.69. The van der Waals surface area contributed by atoms with Gasteiger partial charge in [-0.25, -0.2) is 0 Å². The van der Waals surface area contributed by atoms with Crippen LogP contribution in [0.3, 0.4) is 0 Å². The Morgan fingerprint density at radius 3 is 2.52 bits per heavy atom. The van der Waals surface area contributed by atoms with Crippen molar-refractivity contribution < 1.29 is 19.4 Å². The summed E-state index contributed by atoms with van der Waals surface area (Å²) in [5, 5.41) is 13.4. The van der Waals surface area contributed by atoms with E-state index in [1.165, 1.54) is 6.07 Å². The Morgan fingerprint density at radius 1 is 1.17 bits per heavy atom. The zero-order chi connectivity index (χ0) is 21.0. The molecule has 0 unspecified atom stereocenters. The average Bonchev–Trinajstić information content (AvgIpc) is 2.71. The third kappa shape index (κ3) is 5.34. The minimum Gasteiger partial charge on any atom is -0.506 e. The predicted octanol–water partition coefficient (Wildman–Crippen LogP) is 4.34. The number of hydrogen-bond donors (Lipinski definition) is 2. The molecule has 2 aromatic carbocycles. The van der Waals surface area contributed by atoms with Crippen LogP contribution < -0.4 is 10.1 Å². The summed E-state index contributed by atoms with van der Waals surface area (Å²) in [5.41, 5.74) is 0.387. The van der Waals surface area contributed by atoms with E-state index in [2.05, 4.69) is 5.32 Å². The molecule has 0 spiro atoms. The molecule has 1 atom stereocenters. The van der Waals surface area contributed by atoms with Gasteiger partial charge in [-0.1, -0.05) is 35.3 Å². The van der Waals surface area contributed by atoms with Crippen LogP contribution in [0.1, 0.15) is 19.8 Å². The standard InChI is InChI=1S/C21H22Cl2N2O4/c1-13(29-19-7-6-15(22)12-16(19)23)21(28)25-10-8-14(9-11-25)20(27)24-17-4-2-3-5-18(17)26/h2-7,12-14,26H,8-11H2,1H3,(H,24,27)/t13-/m0/s1. The first kappa shape index (κ1) is 21.3. The van der Waals surface area contributed by atoms with Crippen LogP contribution in [0.2, 0.25) is 10.0 Å². The van der Waals surface area contributed by atoms with Crippen molar-refractivity contribution in [1.29, 1.82) is 0 Å². The number of nitrogens with one attached hydrogen (secondary N) is 1. The topological polar surface area (TPSA) is 78.9 Å². The number of nitrogens with zero attached hydrogens (tertiary/aromatic N) is 1. The van der Waals surface area contributed by atoms with E-state index < -0.39 is 6.10 Å². The highest BCUT2D eigenvalue weighted by molar-refractivity contribution is 6.35. The zero-order valence-electron chi connectivity index (χ0n) is 15.9. The van der Waals surface area contributed by atoms with E-state index in [0.717, 1.165) is 0 Å². The number of piperidine rings is 1. The molecule has 154 valence electrons. The second-order valence-corrected chi connectivity index (χ2v) is 7.78. The SMILES string of the molecule is C[C@H](Oc1ccc(Cl)cc1Cl)C(=O)N1CCC(C(=O)Nc2ccccc2O)CC1. The van der Waals surface area contributed by atoms with Gasteiger partial charge in [-0.05, 0) is 50.1 Å². The van der Waals surface area contributed by atoms with Crippen molar-refractivity contribution in [2.75, 3.05) is 18.4 Å². The highest BCUT2D eigenvalue weighted by Gasteiger charge is 2.30. The number of phenolic OH excluding ortho intramolecular Hbond substituents is 1. The molecule has 0 aliphatic carbocycles. The van der Waals surface area contributed by atoms with Crippen molar-refractivity contribution in [3.05, 3.63) is 52.5 Å². The van der Waals surface area contributed by atoms with E-state index in [9.17, 15) is 14.7 Å². The van der Waals surface area contributed by atoms with Gasteiger partial charge in [0.15, 0.2) is 6.10 Å². The molecule has 0 bridgehead atoms. The minimum absolute atomic E-state index is 0.0281. The van der Waals surface area contributed by atoms with Gasteiger partial charge >= 0.3 is 0 Å². The molecule has 2 N–H and O–H groups in total. The monoisotopic (exact) mass is 436 g/mol. The van der Waals surface area contributed by atoms with Crippen molar-refractivity contribution in [1.82, 2.24) is 4.90 Å². The number of aromatic hydroxyl groups is 1. The lowest BCUT2D eigenvalue weighted by Gasteiger charge is -2.33. The smallest absolute Gasteiger partial charge is 0.263 e. The van der Waals surface area contributed by atoms with Crippen molar-refractivity contribution in [2.45, 2.75) is 25.9 Å².